The maximum absolute atomic E-state index is 10.1. The molecule has 2 fully saturated rings. The molecular weight excluding hydrogens is 306 g/mol. The molecule has 0 amide bonds. The van der Waals surface area contributed by atoms with E-state index in [4.69, 9.17) is 0 Å². The number of likely N-dealkylation sites (tertiary alicyclic amines) is 1. The molecule has 2 bridgehead atoms. The maximum Gasteiger partial charge on any atom is 0.115 e. The van der Waals surface area contributed by atoms with Gasteiger partial charge in [0.1, 0.15) is 5.75 Å². The summed E-state index contributed by atoms with van der Waals surface area (Å²) in [5.74, 6) is 1.20. The fourth-order valence-electron chi connectivity index (χ4n) is 6.09. The summed E-state index contributed by atoms with van der Waals surface area (Å²) in [6.45, 7) is 2.26. The van der Waals surface area contributed by atoms with Crippen LogP contribution >= 0.6 is 0 Å². The molecule has 2 heteroatoms. The van der Waals surface area contributed by atoms with Gasteiger partial charge in [0.05, 0.1) is 0 Å². The average molecular weight is 333 g/mol. The molecule has 0 aromatic heterocycles. The molecule has 3 aliphatic rings. The highest BCUT2D eigenvalue weighted by molar-refractivity contribution is 5.45. The zero-order chi connectivity index (χ0) is 16.9. The van der Waals surface area contributed by atoms with E-state index >= 15 is 0 Å². The number of piperidine rings is 1. The van der Waals surface area contributed by atoms with Crippen molar-refractivity contribution in [2.45, 2.75) is 56.5 Å². The van der Waals surface area contributed by atoms with E-state index in [-0.39, 0.29) is 0 Å². The summed E-state index contributed by atoms with van der Waals surface area (Å²) in [5, 5.41) is 10.1. The van der Waals surface area contributed by atoms with Gasteiger partial charge in [-0.25, -0.2) is 0 Å². The van der Waals surface area contributed by atoms with Crippen LogP contribution in [0.4, 0.5) is 0 Å². The molecule has 2 aromatic carbocycles. The highest BCUT2D eigenvalue weighted by atomic mass is 16.3. The Labute approximate surface area is 150 Å². The number of phenols is 1. The number of nitrogens with zero attached hydrogens (tertiary/aromatic N) is 1. The second-order valence-corrected chi connectivity index (χ2v) is 8.33. The molecule has 25 heavy (non-hydrogen) atoms. The Morgan fingerprint density at radius 1 is 1.04 bits per heavy atom. The predicted octanol–water partition coefficient (Wildman–Crippen LogP) is 4.65. The lowest BCUT2D eigenvalue weighted by atomic mass is 9.52. The Bertz CT molecular complexity index is 771. The van der Waals surface area contributed by atoms with Crippen molar-refractivity contribution < 1.29 is 5.11 Å². The van der Waals surface area contributed by atoms with Gasteiger partial charge >= 0.3 is 0 Å². The molecule has 3 atom stereocenters. The molecule has 0 spiro atoms. The molecule has 1 heterocycles. The van der Waals surface area contributed by atoms with Crippen LogP contribution in [0.25, 0.3) is 0 Å². The fourth-order valence-corrected chi connectivity index (χ4v) is 6.09. The van der Waals surface area contributed by atoms with E-state index < -0.39 is 0 Å². The van der Waals surface area contributed by atoms with Crippen LogP contribution in [-0.2, 0) is 18.4 Å². The van der Waals surface area contributed by atoms with Gasteiger partial charge in [-0.2, -0.15) is 0 Å². The molecule has 0 radical (unpaired) electrons. The second-order valence-electron chi connectivity index (χ2n) is 8.33. The smallest absolute Gasteiger partial charge is 0.115 e. The van der Waals surface area contributed by atoms with Gasteiger partial charge < -0.3 is 5.11 Å². The summed E-state index contributed by atoms with van der Waals surface area (Å²) in [5.41, 5.74) is 4.72. The Morgan fingerprint density at radius 2 is 1.92 bits per heavy atom. The minimum absolute atomic E-state index is 0.322. The number of hydrogen-bond acceptors (Lipinski definition) is 2. The van der Waals surface area contributed by atoms with Crippen molar-refractivity contribution >= 4 is 0 Å². The summed E-state index contributed by atoms with van der Waals surface area (Å²) in [6, 6.07) is 17.8. The summed E-state index contributed by atoms with van der Waals surface area (Å²) in [6.07, 6.45) is 7.77. The zero-order valence-electron chi connectivity index (χ0n) is 14.8. The SMILES string of the molecule is Oc1ccc2c(c1)[C@@]13CCCC[C@H]1[C@H](C2)N(Cc1ccccc1)CC3. The molecule has 1 N–H and O–H groups in total. The predicted molar refractivity (Wildman–Crippen MR) is 101 cm³/mol. The van der Waals surface area contributed by atoms with E-state index in [1.807, 2.05) is 6.07 Å². The van der Waals surface area contributed by atoms with Gasteiger partial charge in [-0.05, 0) is 67.0 Å². The molecule has 2 aromatic rings. The topological polar surface area (TPSA) is 23.5 Å². The van der Waals surface area contributed by atoms with Crippen LogP contribution in [0.1, 0.15) is 48.8 Å². The van der Waals surface area contributed by atoms with Crippen LogP contribution in [0, 0.1) is 5.92 Å². The molecule has 1 saturated heterocycles. The van der Waals surface area contributed by atoms with Gasteiger partial charge in [0.25, 0.3) is 0 Å². The number of aromatic hydroxyl groups is 1. The van der Waals surface area contributed by atoms with E-state index in [1.165, 1.54) is 55.3 Å². The molecule has 0 unspecified atom stereocenters. The molecule has 2 aliphatic carbocycles. The van der Waals surface area contributed by atoms with Crippen molar-refractivity contribution in [2.24, 2.45) is 5.92 Å². The van der Waals surface area contributed by atoms with Crippen LogP contribution in [0.15, 0.2) is 48.5 Å². The minimum atomic E-state index is 0.322. The first kappa shape index (κ1) is 15.5. The lowest BCUT2D eigenvalue weighted by Gasteiger charge is -2.59. The van der Waals surface area contributed by atoms with Gasteiger partial charge in [-0.1, -0.05) is 49.2 Å². The van der Waals surface area contributed by atoms with Gasteiger partial charge in [-0.3, -0.25) is 4.90 Å². The third kappa shape index (κ3) is 2.42. The monoisotopic (exact) mass is 333 g/mol. The van der Waals surface area contributed by atoms with Crippen molar-refractivity contribution in [3.8, 4) is 5.75 Å². The van der Waals surface area contributed by atoms with Crippen LogP contribution in [0.2, 0.25) is 0 Å². The largest absolute Gasteiger partial charge is 0.508 e. The minimum Gasteiger partial charge on any atom is -0.508 e. The number of hydrogen-bond donors (Lipinski definition) is 1. The van der Waals surface area contributed by atoms with E-state index in [0.29, 0.717) is 17.2 Å². The molecule has 130 valence electrons. The quantitative estimate of drug-likeness (QED) is 0.864. The third-order valence-corrected chi connectivity index (χ3v) is 7.16. The first-order chi connectivity index (χ1) is 12.3. The Balaban J connectivity index is 1.54. The normalized spacial score (nSPS) is 31.2. The van der Waals surface area contributed by atoms with Gasteiger partial charge in [0, 0.05) is 18.0 Å². The molecule has 1 saturated carbocycles. The maximum atomic E-state index is 10.1. The Hall–Kier alpha value is -1.80. The highest BCUT2D eigenvalue weighted by Crippen LogP contribution is 2.56. The number of fused-ring (bicyclic) bond motifs is 1. The number of rotatable bonds is 2. The number of benzene rings is 2. The van der Waals surface area contributed by atoms with Crippen molar-refractivity contribution in [1.29, 1.82) is 0 Å². The van der Waals surface area contributed by atoms with E-state index in [2.05, 4.69) is 47.4 Å². The van der Waals surface area contributed by atoms with Gasteiger partial charge in [0.15, 0.2) is 0 Å². The first-order valence-corrected chi connectivity index (χ1v) is 9.87. The van der Waals surface area contributed by atoms with Gasteiger partial charge in [-0.15, -0.1) is 0 Å². The first-order valence-electron chi connectivity index (χ1n) is 9.87. The van der Waals surface area contributed by atoms with E-state index in [0.717, 1.165) is 18.9 Å². The Morgan fingerprint density at radius 3 is 2.80 bits per heavy atom. The van der Waals surface area contributed by atoms with Crippen LogP contribution < -0.4 is 0 Å². The summed E-state index contributed by atoms with van der Waals surface area (Å²) >= 11 is 0. The molecule has 1 aliphatic heterocycles. The van der Waals surface area contributed by atoms with Gasteiger partial charge in [0.2, 0.25) is 0 Å². The van der Waals surface area contributed by atoms with Crippen molar-refractivity contribution in [3.05, 3.63) is 65.2 Å². The van der Waals surface area contributed by atoms with Crippen molar-refractivity contribution in [3.63, 3.8) is 0 Å². The summed E-state index contributed by atoms with van der Waals surface area (Å²) < 4.78 is 0. The Kier molecular flexibility index (Phi) is 3.63. The van der Waals surface area contributed by atoms with E-state index in [9.17, 15) is 5.11 Å². The van der Waals surface area contributed by atoms with Crippen LogP contribution in [-0.4, -0.2) is 22.6 Å². The van der Waals surface area contributed by atoms with E-state index in [1.54, 1.807) is 0 Å². The highest BCUT2D eigenvalue weighted by Gasteiger charge is 2.53. The molecule has 5 rings (SSSR count). The number of phenolic OH excluding ortho intramolecular Hbond substituents is 1. The lowest BCUT2D eigenvalue weighted by Crippen LogP contribution is -2.60. The third-order valence-electron chi connectivity index (χ3n) is 7.16. The summed E-state index contributed by atoms with van der Waals surface area (Å²) in [4.78, 5) is 2.75. The van der Waals surface area contributed by atoms with Crippen molar-refractivity contribution in [1.82, 2.24) is 4.90 Å². The van der Waals surface area contributed by atoms with Crippen LogP contribution in [0.5, 0.6) is 5.75 Å². The van der Waals surface area contributed by atoms with Crippen molar-refractivity contribution in [2.75, 3.05) is 6.54 Å². The standard InChI is InChI=1S/C23H27NO/c25-19-10-9-18-14-22-20-8-4-5-11-23(20,21(18)15-19)12-13-24(22)16-17-6-2-1-3-7-17/h1-3,6-7,9-10,15,20,22,25H,4-5,8,11-14,16H2/t20-,22-,23+/m0/s1. The zero-order valence-corrected chi connectivity index (χ0v) is 14.8. The second kappa shape index (κ2) is 5.88. The fraction of sp³-hybridized carbons (Fsp3) is 0.478. The molecular formula is C23H27NO. The molecule has 2 nitrogen and oxygen atoms in total. The lowest BCUT2D eigenvalue weighted by molar-refractivity contribution is -0.0157. The summed E-state index contributed by atoms with van der Waals surface area (Å²) in [7, 11) is 0. The van der Waals surface area contributed by atoms with Crippen LogP contribution in [0.3, 0.4) is 0 Å². The average Bonchev–Trinajstić information content (AvgIpc) is 2.65.